The SMILES string of the molecule is CC(Oc1ccc(Cl)cc1Cl)C(=O)NCCC(=O)c1ccc2c(c1)CC(=O)N2C. The highest BCUT2D eigenvalue weighted by atomic mass is 35.5. The summed E-state index contributed by atoms with van der Waals surface area (Å²) in [7, 11) is 1.71. The summed E-state index contributed by atoms with van der Waals surface area (Å²) < 4.78 is 5.55. The Kier molecular flexibility index (Phi) is 6.45. The number of nitrogens with one attached hydrogen (secondary N) is 1. The van der Waals surface area contributed by atoms with Gasteiger partial charge in [0.05, 0.1) is 11.4 Å². The molecule has 1 unspecified atom stereocenters. The maximum absolute atomic E-state index is 12.4. The van der Waals surface area contributed by atoms with E-state index in [1.165, 1.54) is 6.07 Å². The highest BCUT2D eigenvalue weighted by Gasteiger charge is 2.24. The second-order valence-corrected chi connectivity index (χ2v) is 7.62. The predicted molar refractivity (Wildman–Crippen MR) is 112 cm³/mol. The van der Waals surface area contributed by atoms with Gasteiger partial charge in [0.2, 0.25) is 5.91 Å². The molecule has 0 saturated carbocycles. The average molecular weight is 435 g/mol. The lowest BCUT2D eigenvalue weighted by Gasteiger charge is -2.15. The molecule has 2 amide bonds. The van der Waals surface area contributed by atoms with Crippen molar-refractivity contribution in [1.82, 2.24) is 5.32 Å². The third-order valence-corrected chi connectivity index (χ3v) is 5.23. The number of amides is 2. The molecule has 0 bridgehead atoms. The van der Waals surface area contributed by atoms with Crippen LogP contribution in [0.15, 0.2) is 36.4 Å². The van der Waals surface area contributed by atoms with Crippen molar-refractivity contribution in [2.45, 2.75) is 25.9 Å². The van der Waals surface area contributed by atoms with Crippen molar-refractivity contribution >= 4 is 46.5 Å². The lowest BCUT2D eigenvalue weighted by Crippen LogP contribution is -2.37. The van der Waals surface area contributed by atoms with Gasteiger partial charge in [-0.05, 0) is 48.9 Å². The fourth-order valence-electron chi connectivity index (χ4n) is 3.05. The Balaban J connectivity index is 1.50. The number of benzene rings is 2. The van der Waals surface area contributed by atoms with Gasteiger partial charge in [-0.15, -0.1) is 0 Å². The molecule has 3 rings (SSSR count). The minimum absolute atomic E-state index is 0.00615. The lowest BCUT2D eigenvalue weighted by atomic mass is 10.0. The van der Waals surface area contributed by atoms with E-state index < -0.39 is 6.10 Å². The lowest BCUT2D eigenvalue weighted by molar-refractivity contribution is -0.127. The molecule has 2 aromatic rings. The Bertz CT molecular complexity index is 977. The summed E-state index contributed by atoms with van der Waals surface area (Å²) in [5, 5.41) is 3.47. The largest absolute Gasteiger partial charge is 0.479 e. The molecular formula is C21H20Cl2N2O4. The summed E-state index contributed by atoms with van der Waals surface area (Å²) in [5.41, 5.74) is 2.19. The molecule has 6 nitrogen and oxygen atoms in total. The number of hydrogen-bond donors (Lipinski definition) is 1. The van der Waals surface area contributed by atoms with Gasteiger partial charge >= 0.3 is 0 Å². The van der Waals surface area contributed by atoms with E-state index in [0.717, 1.165) is 11.3 Å². The molecular weight excluding hydrogens is 415 g/mol. The summed E-state index contributed by atoms with van der Waals surface area (Å²) in [6.07, 6.45) is -0.348. The van der Waals surface area contributed by atoms with Gasteiger partial charge in [-0.25, -0.2) is 0 Å². The van der Waals surface area contributed by atoms with Crippen LogP contribution in [0.2, 0.25) is 10.0 Å². The maximum Gasteiger partial charge on any atom is 0.260 e. The van der Waals surface area contributed by atoms with Crippen LogP contribution in [0.4, 0.5) is 5.69 Å². The van der Waals surface area contributed by atoms with Crippen LogP contribution in [-0.2, 0) is 16.0 Å². The van der Waals surface area contributed by atoms with Gasteiger partial charge in [0.1, 0.15) is 5.75 Å². The Labute approximate surface area is 178 Å². The molecule has 0 saturated heterocycles. The van der Waals surface area contributed by atoms with Crippen molar-refractivity contribution in [3.05, 3.63) is 57.6 Å². The van der Waals surface area contributed by atoms with Gasteiger partial charge in [-0.2, -0.15) is 0 Å². The van der Waals surface area contributed by atoms with Crippen LogP contribution in [0.1, 0.15) is 29.3 Å². The van der Waals surface area contributed by atoms with E-state index in [0.29, 0.717) is 27.8 Å². The predicted octanol–water partition coefficient (Wildman–Crippen LogP) is 3.67. The summed E-state index contributed by atoms with van der Waals surface area (Å²) in [6, 6.07) is 9.96. The third kappa shape index (κ3) is 4.89. The van der Waals surface area contributed by atoms with Gasteiger partial charge in [-0.1, -0.05) is 23.2 Å². The van der Waals surface area contributed by atoms with Crippen LogP contribution in [0.3, 0.4) is 0 Å². The monoisotopic (exact) mass is 434 g/mol. The molecule has 152 valence electrons. The maximum atomic E-state index is 12.4. The van der Waals surface area contributed by atoms with Gasteiger partial charge in [0, 0.05) is 36.3 Å². The van der Waals surface area contributed by atoms with Gasteiger partial charge in [0.25, 0.3) is 5.91 Å². The molecule has 1 aliphatic heterocycles. The number of rotatable bonds is 7. The number of ether oxygens (including phenoxy) is 1. The van der Waals surface area contributed by atoms with Crippen LogP contribution >= 0.6 is 23.2 Å². The molecule has 1 atom stereocenters. The minimum atomic E-state index is -0.787. The molecule has 1 heterocycles. The number of carbonyl (C=O) groups is 3. The van der Waals surface area contributed by atoms with Crippen molar-refractivity contribution in [3.63, 3.8) is 0 Å². The number of Topliss-reactive ketones (excluding diaryl/α,β-unsaturated/α-hetero) is 1. The van der Waals surface area contributed by atoms with Crippen molar-refractivity contribution < 1.29 is 19.1 Å². The Morgan fingerprint density at radius 1 is 1.21 bits per heavy atom. The van der Waals surface area contributed by atoms with E-state index in [1.807, 2.05) is 0 Å². The number of carbonyl (C=O) groups excluding carboxylic acids is 3. The first kappa shape index (κ1) is 21.1. The number of hydrogen-bond acceptors (Lipinski definition) is 4. The molecule has 0 spiro atoms. The number of likely N-dealkylation sites (N-methyl/N-ethyl adjacent to an activating group) is 1. The Morgan fingerprint density at radius 3 is 2.69 bits per heavy atom. The average Bonchev–Trinajstić information content (AvgIpc) is 2.97. The van der Waals surface area contributed by atoms with Crippen LogP contribution in [0, 0.1) is 0 Å². The molecule has 0 aromatic heterocycles. The molecule has 1 N–H and O–H groups in total. The molecule has 2 aromatic carbocycles. The van der Waals surface area contributed by atoms with Gasteiger partial charge in [-0.3, -0.25) is 14.4 Å². The first-order chi connectivity index (χ1) is 13.8. The fraction of sp³-hybridized carbons (Fsp3) is 0.286. The summed E-state index contributed by atoms with van der Waals surface area (Å²) in [6.45, 7) is 1.77. The van der Waals surface area contributed by atoms with E-state index in [4.69, 9.17) is 27.9 Å². The number of anilines is 1. The normalized spacial score (nSPS) is 13.8. The standard InChI is InChI=1S/C21H20Cl2N2O4/c1-12(29-19-6-4-15(22)11-16(19)23)21(28)24-8-7-18(26)13-3-5-17-14(9-13)10-20(27)25(17)2/h3-6,9,11-12H,7-8,10H2,1-2H3,(H,24,28). The molecule has 29 heavy (non-hydrogen) atoms. The zero-order valence-corrected chi connectivity index (χ0v) is 17.5. The van der Waals surface area contributed by atoms with Crippen LogP contribution < -0.4 is 15.0 Å². The topological polar surface area (TPSA) is 75.7 Å². The number of nitrogens with zero attached hydrogens (tertiary/aromatic N) is 1. The molecule has 0 fully saturated rings. The molecule has 0 radical (unpaired) electrons. The van der Waals surface area contributed by atoms with E-state index >= 15 is 0 Å². The van der Waals surface area contributed by atoms with Crippen molar-refractivity contribution in [3.8, 4) is 5.75 Å². The fourth-order valence-corrected chi connectivity index (χ4v) is 3.50. The quantitative estimate of drug-likeness (QED) is 0.674. The summed E-state index contributed by atoms with van der Waals surface area (Å²) >= 11 is 11.9. The van der Waals surface area contributed by atoms with E-state index in [2.05, 4.69) is 5.32 Å². The van der Waals surface area contributed by atoms with E-state index in [1.54, 1.807) is 49.2 Å². The van der Waals surface area contributed by atoms with Crippen molar-refractivity contribution in [2.24, 2.45) is 0 Å². The zero-order valence-electron chi connectivity index (χ0n) is 16.0. The van der Waals surface area contributed by atoms with Crippen molar-refractivity contribution in [1.29, 1.82) is 0 Å². The molecule has 8 heteroatoms. The first-order valence-corrected chi connectivity index (χ1v) is 9.84. The molecule has 0 aliphatic carbocycles. The summed E-state index contributed by atoms with van der Waals surface area (Å²) in [5.74, 6) is -0.103. The number of ketones is 1. The zero-order chi connectivity index (χ0) is 21.1. The first-order valence-electron chi connectivity index (χ1n) is 9.08. The summed E-state index contributed by atoms with van der Waals surface area (Å²) in [4.78, 5) is 38.0. The molecule has 1 aliphatic rings. The number of halogens is 2. The highest BCUT2D eigenvalue weighted by Crippen LogP contribution is 2.29. The van der Waals surface area contributed by atoms with Gasteiger partial charge in [0.15, 0.2) is 11.9 Å². The van der Waals surface area contributed by atoms with Crippen LogP contribution in [0.5, 0.6) is 5.75 Å². The van der Waals surface area contributed by atoms with E-state index in [-0.39, 0.29) is 30.6 Å². The smallest absolute Gasteiger partial charge is 0.260 e. The minimum Gasteiger partial charge on any atom is -0.479 e. The highest BCUT2D eigenvalue weighted by molar-refractivity contribution is 6.35. The third-order valence-electron chi connectivity index (χ3n) is 4.70. The van der Waals surface area contributed by atoms with E-state index in [9.17, 15) is 14.4 Å². The van der Waals surface area contributed by atoms with Crippen LogP contribution in [0.25, 0.3) is 0 Å². The Hall–Kier alpha value is -2.57. The second kappa shape index (κ2) is 8.84. The van der Waals surface area contributed by atoms with Gasteiger partial charge < -0.3 is 15.0 Å². The number of fused-ring (bicyclic) bond motifs is 1. The van der Waals surface area contributed by atoms with Crippen molar-refractivity contribution in [2.75, 3.05) is 18.5 Å². The second-order valence-electron chi connectivity index (χ2n) is 6.77. The van der Waals surface area contributed by atoms with Crippen LogP contribution in [-0.4, -0.2) is 37.3 Å². The Morgan fingerprint density at radius 2 is 1.97 bits per heavy atom.